The molecule has 4 nitrogen and oxygen atoms in total. The number of anilines is 1. The van der Waals surface area contributed by atoms with Crippen LogP contribution in [0.15, 0.2) is 22.7 Å². The van der Waals surface area contributed by atoms with Crippen LogP contribution in [-0.2, 0) is 4.79 Å². The fourth-order valence-electron chi connectivity index (χ4n) is 0.902. The zero-order chi connectivity index (χ0) is 11.4. The number of nitrogen functional groups attached to an aromatic ring is 1. The summed E-state index contributed by atoms with van der Waals surface area (Å²) in [6, 6.07) is 5.27. The van der Waals surface area contributed by atoms with E-state index < -0.39 is 0 Å². The topological polar surface area (TPSA) is 55.6 Å². The average Bonchev–Trinajstić information content (AvgIpc) is 2.18. The second-order valence-corrected chi connectivity index (χ2v) is 4.17. The van der Waals surface area contributed by atoms with Crippen molar-refractivity contribution in [2.24, 2.45) is 0 Å². The molecule has 1 amide bonds. The third-order valence-corrected chi connectivity index (χ3v) is 2.32. The van der Waals surface area contributed by atoms with E-state index in [4.69, 9.17) is 10.5 Å². The molecular formula is C10H13BrN2O2. The first-order chi connectivity index (χ1) is 7.00. The minimum Gasteiger partial charge on any atom is -0.482 e. The van der Waals surface area contributed by atoms with Gasteiger partial charge in [0.25, 0.3) is 5.91 Å². The van der Waals surface area contributed by atoms with Gasteiger partial charge in [-0.25, -0.2) is 0 Å². The van der Waals surface area contributed by atoms with Crippen LogP contribution >= 0.6 is 15.9 Å². The molecule has 0 aliphatic carbocycles. The van der Waals surface area contributed by atoms with Gasteiger partial charge in [-0.15, -0.1) is 0 Å². The van der Waals surface area contributed by atoms with Gasteiger partial charge in [-0.3, -0.25) is 4.79 Å². The predicted octanol–water partition coefficient (Wildman–Crippen LogP) is 1.50. The van der Waals surface area contributed by atoms with Crippen molar-refractivity contribution >= 4 is 27.5 Å². The van der Waals surface area contributed by atoms with E-state index >= 15 is 0 Å². The molecule has 0 unspecified atom stereocenters. The van der Waals surface area contributed by atoms with Gasteiger partial charge in [-0.2, -0.15) is 0 Å². The van der Waals surface area contributed by atoms with Crippen LogP contribution in [0.4, 0.5) is 5.69 Å². The average molecular weight is 273 g/mol. The second kappa shape index (κ2) is 5.02. The predicted molar refractivity (Wildman–Crippen MR) is 62.7 cm³/mol. The minimum absolute atomic E-state index is 0.00630. The first-order valence-electron chi connectivity index (χ1n) is 4.38. The van der Waals surface area contributed by atoms with Gasteiger partial charge in [0.1, 0.15) is 5.75 Å². The molecule has 1 rings (SSSR count). The van der Waals surface area contributed by atoms with E-state index in [0.29, 0.717) is 11.4 Å². The van der Waals surface area contributed by atoms with Gasteiger partial charge in [-0.1, -0.05) is 15.9 Å². The molecule has 0 bridgehead atoms. The van der Waals surface area contributed by atoms with Crippen molar-refractivity contribution in [1.29, 1.82) is 0 Å². The fraction of sp³-hybridized carbons (Fsp3) is 0.300. The quantitative estimate of drug-likeness (QED) is 0.849. The number of amides is 1. The van der Waals surface area contributed by atoms with Crippen LogP contribution in [0.5, 0.6) is 5.75 Å². The Kier molecular flexibility index (Phi) is 3.96. The Morgan fingerprint density at radius 2 is 2.20 bits per heavy atom. The molecule has 0 spiro atoms. The zero-order valence-electron chi connectivity index (χ0n) is 8.66. The maximum absolute atomic E-state index is 11.3. The summed E-state index contributed by atoms with van der Waals surface area (Å²) in [5, 5.41) is 0. The van der Waals surface area contributed by atoms with E-state index in [1.165, 1.54) is 4.90 Å². The Morgan fingerprint density at radius 3 is 2.80 bits per heavy atom. The second-order valence-electron chi connectivity index (χ2n) is 3.26. The number of hydrogen-bond donors (Lipinski definition) is 1. The highest BCUT2D eigenvalue weighted by Gasteiger charge is 2.07. The minimum atomic E-state index is -0.102. The van der Waals surface area contributed by atoms with Crippen molar-refractivity contribution in [3.63, 3.8) is 0 Å². The monoisotopic (exact) mass is 272 g/mol. The first kappa shape index (κ1) is 11.8. The van der Waals surface area contributed by atoms with E-state index in [-0.39, 0.29) is 12.5 Å². The highest BCUT2D eigenvalue weighted by molar-refractivity contribution is 9.10. The van der Waals surface area contributed by atoms with Crippen LogP contribution in [-0.4, -0.2) is 31.5 Å². The van der Waals surface area contributed by atoms with Crippen molar-refractivity contribution in [1.82, 2.24) is 4.90 Å². The lowest BCUT2D eigenvalue weighted by Crippen LogP contribution is -2.27. The number of rotatable bonds is 3. The van der Waals surface area contributed by atoms with E-state index in [2.05, 4.69) is 15.9 Å². The number of likely N-dealkylation sites (N-methyl/N-ethyl adjacent to an activating group) is 1. The molecule has 0 saturated heterocycles. The summed E-state index contributed by atoms with van der Waals surface area (Å²) in [5.74, 6) is 0.411. The van der Waals surface area contributed by atoms with E-state index in [1.54, 1.807) is 26.2 Å². The molecule has 2 N–H and O–H groups in total. The fourth-order valence-corrected chi connectivity index (χ4v) is 1.24. The number of carbonyl (C=O) groups excluding carboxylic acids is 1. The summed E-state index contributed by atoms with van der Waals surface area (Å²) in [4.78, 5) is 12.7. The van der Waals surface area contributed by atoms with Crippen molar-refractivity contribution in [2.75, 3.05) is 26.4 Å². The molecule has 0 fully saturated rings. The largest absolute Gasteiger partial charge is 0.482 e. The molecule has 0 aliphatic rings. The first-order valence-corrected chi connectivity index (χ1v) is 5.18. The van der Waals surface area contributed by atoms with Crippen molar-refractivity contribution in [3.05, 3.63) is 22.7 Å². The van der Waals surface area contributed by atoms with Crippen LogP contribution in [0.2, 0.25) is 0 Å². The lowest BCUT2D eigenvalue weighted by molar-refractivity contribution is -0.130. The maximum atomic E-state index is 11.3. The van der Waals surface area contributed by atoms with Crippen LogP contribution in [0.25, 0.3) is 0 Å². The molecule has 1 aromatic carbocycles. The summed E-state index contributed by atoms with van der Waals surface area (Å²) in [6.07, 6.45) is 0. The number of nitrogens with zero attached hydrogens (tertiary/aromatic N) is 1. The van der Waals surface area contributed by atoms with Gasteiger partial charge in [0.15, 0.2) is 6.61 Å². The maximum Gasteiger partial charge on any atom is 0.259 e. The number of halogens is 1. The standard InChI is InChI=1S/C10H13BrN2O2/c1-13(2)10(14)6-15-9-5-7(11)3-4-8(9)12/h3-5H,6,12H2,1-2H3. The van der Waals surface area contributed by atoms with Gasteiger partial charge in [0.2, 0.25) is 0 Å². The third kappa shape index (κ3) is 3.43. The molecule has 1 aromatic rings. The number of ether oxygens (including phenoxy) is 1. The Morgan fingerprint density at radius 1 is 1.53 bits per heavy atom. The number of hydrogen-bond acceptors (Lipinski definition) is 3. The highest BCUT2D eigenvalue weighted by atomic mass is 79.9. The van der Waals surface area contributed by atoms with Gasteiger partial charge in [0, 0.05) is 18.6 Å². The number of benzene rings is 1. The molecular weight excluding hydrogens is 260 g/mol. The summed E-state index contributed by atoms with van der Waals surface area (Å²) < 4.78 is 6.16. The van der Waals surface area contributed by atoms with Crippen LogP contribution in [0.3, 0.4) is 0 Å². The molecule has 15 heavy (non-hydrogen) atoms. The number of carbonyl (C=O) groups is 1. The van der Waals surface area contributed by atoms with E-state index in [0.717, 1.165) is 4.47 Å². The van der Waals surface area contributed by atoms with Gasteiger partial charge in [-0.05, 0) is 18.2 Å². The lowest BCUT2D eigenvalue weighted by atomic mass is 10.3. The third-order valence-electron chi connectivity index (χ3n) is 1.83. The normalized spacial score (nSPS) is 9.80. The SMILES string of the molecule is CN(C)C(=O)COc1cc(Br)ccc1N. The molecule has 5 heteroatoms. The molecule has 0 atom stereocenters. The van der Waals surface area contributed by atoms with Crippen LogP contribution < -0.4 is 10.5 Å². The molecule has 0 aliphatic heterocycles. The van der Waals surface area contributed by atoms with Gasteiger partial charge < -0.3 is 15.4 Å². The molecule has 0 heterocycles. The van der Waals surface area contributed by atoms with Gasteiger partial charge >= 0.3 is 0 Å². The summed E-state index contributed by atoms with van der Waals surface area (Å²) in [5.41, 5.74) is 6.20. The summed E-state index contributed by atoms with van der Waals surface area (Å²) in [7, 11) is 3.35. The van der Waals surface area contributed by atoms with E-state index in [9.17, 15) is 4.79 Å². The van der Waals surface area contributed by atoms with E-state index in [1.807, 2.05) is 6.07 Å². The molecule has 0 aromatic heterocycles. The van der Waals surface area contributed by atoms with Gasteiger partial charge in [0.05, 0.1) is 5.69 Å². The van der Waals surface area contributed by atoms with Crippen LogP contribution in [0, 0.1) is 0 Å². The smallest absolute Gasteiger partial charge is 0.259 e. The molecule has 0 saturated carbocycles. The molecule has 0 radical (unpaired) electrons. The van der Waals surface area contributed by atoms with Crippen LogP contribution in [0.1, 0.15) is 0 Å². The Balaban J connectivity index is 2.65. The number of nitrogens with two attached hydrogens (primary N) is 1. The molecule has 82 valence electrons. The Hall–Kier alpha value is -1.23. The van der Waals surface area contributed by atoms with Crippen molar-refractivity contribution in [2.45, 2.75) is 0 Å². The highest BCUT2D eigenvalue weighted by Crippen LogP contribution is 2.25. The Bertz CT molecular complexity index is 366. The van der Waals surface area contributed by atoms with Crippen molar-refractivity contribution in [3.8, 4) is 5.75 Å². The summed E-state index contributed by atoms with van der Waals surface area (Å²) >= 11 is 3.30. The summed E-state index contributed by atoms with van der Waals surface area (Å²) in [6.45, 7) is -0.00630. The van der Waals surface area contributed by atoms with Crippen molar-refractivity contribution < 1.29 is 9.53 Å². The Labute approximate surface area is 97.1 Å². The zero-order valence-corrected chi connectivity index (χ0v) is 10.2. The lowest BCUT2D eigenvalue weighted by Gasteiger charge is -2.12.